The number of carbonyl (C=O) groups is 2. The number of aryl methyl sites for hydroxylation is 1. The maximum atomic E-state index is 13.3. The van der Waals surface area contributed by atoms with E-state index >= 15 is 0 Å². The van der Waals surface area contributed by atoms with Crippen LogP contribution in [0.4, 0.5) is 5.00 Å². The largest absolute Gasteiger partial charge is 0.328 e. The minimum atomic E-state index is -0.826. The van der Waals surface area contributed by atoms with Gasteiger partial charge in [-0.25, -0.2) is 0 Å². The van der Waals surface area contributed by atoms with E-state index in [1.165, 1.54) is 11.5 Å². The summed E-state index contributed by atoms with van der Waals surface area (Å²) in [5, 5.41) is 3.64. The number of benzene rings is 2. The number of nitrogens with zero attached hydrogens (tertiary/aromatic N) is 2. The second-order valence-corrected chi connectivity index (χ2v) is 8.74. The van der Waals surface area contributed by atoms with E-state index in [1.807, 2.05) is 56.3 Å². The molecule has 1 atom stereocenters. The van der Waals surface area contributed by atoms with Crippen LogP contribution in [-0.4, -0.2) is 33.2 Å². The maximum Gasteiger partial charge on any atom is 0.250 e. The third kappa shape index (κ3) is 4.00. The van der Waals surface area contributed by atoms with Crippen LogP contribution in [0.15, 0.2) is 66.7 Å². The molecule has 6 heteroatoms. The van der Waals surface area contributed by atoms with E-state index in [1.54, 1.807) is 4.90 Å². The summed E-state index contributed by atoms with van der Waals surface area (Å²) in [6.45, 7) is 4.33. The van der Waals surface area contributed by atoms with Crippen LogP contribution in [0.5, 0.6) is 0 Å². The van der Waals surface area contributed by atoms with Crippen molar-refractivity contribution in [2.45, 2.75) is 38.1 Å². The van der Waals surface area contributed by atoms with Crippen molar-refractivity contribution in [2.75, 3.05) is 11.9 Å². The third-order valence-electron chi connectivity index (χ3n) is 5.86. The van der Waals surface area contributed by atoms with Crippen LogP contribution in [0.3, 0.4) is 0 Å². The second-order valence-electron chi connectivity index (χ2n) is 7.93. The molecular weight excluding hydrogens is 394 g/mol. The van der Waals surface area contributed by atoms with Crippen LogP contribution in [-0.2, 0) is 9.59 Å². The number of nitrogens with one attached hydrogen (secondary N) is 1. The van der Waals surface area contributed by atoms with Gasteiger partial charge in [0.15, 0.2) is 0 Å². The molecule has 1 aromatic heterocycles. The number of rotatable bonds is 6. The first-order chi connectivity index (χ1) is 14.5. The molecule has 1 N–H and O–H groups in total. The highest BCUT2D eigenvalue weighted by Gasteiger charge is 2.49. The zero-order valence-electron chi connectivity index (χ0n) is 17.2. The number of hydrogen-bond donors (Lipinski definition) is 1. The van der Waals surface area contributed by atoms with Gasteiger partial charge >= 0.3 is 0 Å². The lowest BCUT2D eigenvalue weighted by Gasteiger charge is -2.49. The summed E-state index contributed by atoms with van der Waals surface area (Å²) in [4.78, 5) is 28.0. The summed E-state index contributed by atoms with van der Waals surface area (Å²) >= 11 is 1.26. The highest BCUT2D eigenvalue weighted by Crippen LogP contribution is 2.36. The fraction of sp³-hybridized carbons (Fsp3) is 0.292. The van der Waals surface area contributed by atoms with Crippen LogP contribution in [0, 0.1) is 6.92 Å². The van der Waals surface area contributed by atoms with Crippen LogP contribution in [0.1, 0.15) is 42.5 Å². The monoisotopic (exact) mass is 419 g/mol. The topological polar surface area (TPSA) is 62.3 Å². The minimum absolute atomic E-state index is 0.00269. The molecule has 0 aliphatic carbocycles. The lowest BCUT2D eigenvalue weighted by molar-refractivity contribution is -0.154. The first-order valence-corrected chi connectivity index (χ1v) is 10.9. The van der Waals surface area contributed by atoms with E-state index in [2.05, 4.69) is 34.0 Å². The Morgan fingerprint density at radius 2 is 1.70 bits per heavy atom. The van der Waals surface area contributed by atoms with E-state index in [4.69, 9.17) is 0 Å². The van der Waals surface area contributed by atoms with Crippen LogP contribution >= 0.6 is 11.5 Å². The van der Waals surface area contributed by atoms with Crippen molar-refractivity contribution in [2.24, 2.45) is 0 Å². The first-order valence-electron chi connectivity index (χ1n) is 10.1. The third-order valence-corrected chi connectivity index (χ3v) is 6.65. The summed E-state index contributed by atoms with van der Waals surface area (Å²) in [6, 6.07) is 22.0. The van der Waals surface area contributed by atoms with Crippen molar-refractivity contribution < 1.29 is 9.59 Å². The molecular formula is C24H25N3O2S. The molecule has 0 radical (unpaired) electrons. The fourth-order valence-corrected chi connectivity index (χ4v) is 4.60. The van der Waals surface area contributed by atoms with Crippen LogP contribution in [0.2, 0.25) is 0 Å². The van der Waals surface area contributed by atoms with Gasteiger partial charge in [-0.2, -0.15) is 4.37 Å². The Kier molecular flexibility index (Phi) is 5.68. The SMILES string of the molecule is Cc1cc(NC(=O)C2(C)CCN2C(=O)CC(c2ccccc2)c2ccccc2)sn1. The quantitative estimate of drug-likeness (QED) is 0.635. The highest BCUT2D eigenvalue weighted by molar-refractivity contribution is 7.10. The Balaban J connectivity index is 1.52. The van der Waals surface area contributed by atoms with Crippen molar-refractivity contribution in [3.05, 3.63) is 83.6 Å². The van der Waals surface area contributed by atoms with Crippen molar-refractivity contribution in [3.8, 4) is 0 Å². The maximum absolute atomic E-state index is 13.3. The Hall–Kier alpha value is -2.99. The number of anilines is 1. The van der Waals surface area contributed by atoms with E-state index < -0.39 is 5.54 Å². The van der Waals surface area contributed by atoms with Gasteiger partial charge in [-0.1, -0.05) is 60.7 Å². The standard InChI is InChI=1S/C24H25N3O2S/c1-17-15-21(30-26-17)25-23(29)24(2)13-14-27(24)22(28)16-20(18-9-5-3-6-10-18)19-11-7-4-8-12-19/h3-12,15,20H,13-14,16H2,1-2H3,(H,25,29). The highest BCUT2D eigenvalue weighted by atomic mass is 32.1. The van der Waals surface area contributed by atoms with Gasteiger partial charge in [0.2, 0.25) is 5.91 Å². The number of aromatic nitrogens is 1. The summed E-state index contributed by atoms with van der Waals surface area (Å²) in [5.41, 5.74) is 2.25. The van der Waals surface area contributed by atoms with Crippen LogP contribution < -0.4 is 5.32 Å². The van der Waals surface area contributed by atoms with Gasteiger partial charge in [0.25, 0.3) is 5.91 Å². The predicted octanol–water partition coefficient (Wildman–Crippen LogP) is 4.60. The molecule has 2 heterocycles. The Morgan fingerprint density at radius 3 is 2.17 bits per heavy atom. The Bertz CT molecular complexity index is 995. The molecule has 1 aliphatic heterocycles. The molecule has 1 aliphatic rings. The zero-order chi connectivity index (χ0) is 21.1. The molecule has 2 amide bonds. The molecule has 4 rings (SSSR count). The normalized spacial score (nSPS) is 18.2. The van der Waals surface area contributed by atoms with Gasteiger partial charge in [-0.05, 0) is 49.0 Å². The molecule has 30 heavy (non-hydrogen) atoms. The Morgan fingerprint density at radius 1 is 1.10 bits per heavy atom. The number of hydrogen-bond acceptors (Lipinski definition) is 4. The average Bonchev–Trinajstić information content (AvgIpc) is 3.16. The number of likely N-dealkylation sites (tertiary alicyclic amines) is 1. The molecule has 0 bridgehead atoms. The van der Waals surface area contributed by atoms with Crippen molar-refractivity contribution >= 4 is 28.3 Å². The molecule has 1 saturated heterocycles. The van der Waals surface area contributed by atoms with E-state index in [0.717, 1.165) is 16.8 Å². The Labute approximate surface area is 180 Å². The van der Waals surface area contributed by atoms with E-state index in [0.29, 0.717) is 24.4 Å². The summed E-state index contributed by atoms with van der Waals surface area (Å²) in [6.07, 6.45) is 0.986. The number of amides is 2. The molecule has 3 aromatic rings. The first kappa shape index (κ1) is 20.3. The molecule has 154 valence electrons. The van der Waals surface area contributed by atoms with Gasteiger partial charge in [-0.15, -0.1) is 0 Å². The van der Waals surface area contributed by atoms with Crippen LogP contribution in [0.25, 0.3) is 0 Å². The van der Waals surface area contributed by atoms with Gasteiger partial charge < -0.3 is 10.2 Å². The fourth-order valence-electron chi connectivity index (χ4n) is 3.95. The van der Waals surface area contributed by atoms with Crippen molar-refractivity contribution in [1.82, 2.24) is 9.27 Å². The molecule has 0 spiro atoms. The smallest absolute Gasteiger partial charge is 0.250 e. The molecule has 5 nitrogen and oxygen atoms in total. The lowest BCUT2D eigenvalue weighted by atomic mass is 9.82. The van der Waals surface area contributed by atoms with Crippen molar-refractivity contribution in [3.63, 3.8) is 0 Å². The molecule has 2 aromatic carbocycles. The average molecular weight is 420 g/mol. The van der Waals surface area contributed by atoms with Crippen molar-refractivity contribution in [1.29, 1.82) is 0 Å². The number of carbonyl (C=O) groups excluding carboxylic acids is 2. The summed E-state index contributed by atoms with van der Waals surface area (Å²) < 4.78 is 4.20. The summed E-state index contributed by atoms with van der Waals surface area (Å²) in [5.74, 6) is -0.198. The lowest BCUT2D eigenvalue weighted by Crippen LogP contribution is -2.66. The van der Waals surface area contributed by atoms with Gasteiger partial charge in [0.1, 0.15) is 10.5 Å². The van der Waals surface area contributed by atoms with Gasteiger partial charge in [-0.3, -0.25) is 9.59 Å². The summed E-state index contributed by atoms with van der Waals surface area (Å²) in [7, 11) is 0. The minimum Gasteiger partial charge on any atom is -0.328 e. The zero-order valence-corrected chi connectivity index (χ0v) is 18.0. The van der Waals surface area contributed by atoms with Gasteiger partial charge in [0.05, 0.1) is 5.69 Å². The van der Waals surface area contributed by atoms with E-state index in [9.17, 15) is 9.59 Å². The predicted molar refractivity (Wildman–Crippen MR) is 120 cm³/mol. The van der Waals surface area contributed by atoms with Gasteiger partial charge in [0, 0.05) is 18.9 Å². The molecule has 0 saturated carbocycles. The van der Waals surface area contributed by atoms with E-state index in [-0.39, 0.29) is 17.7 Å². The second kappa shape index (κ2) is 8.40. The molecule has 1 fully saturated rings. The molecule has 1 unspecified atom stereocenters.